The van der Waals surface area contributed by atoms with E-state index < -0.39 is 0 Å². The molecule has 1 aliphatic carbocycles. The molecule has 1 aliphatic rings. The molecule has 4 rings (SSSR count). The highest BCUT2D eigenvalue weighted by molar-refractivity contribution is 6.06. The third-order valence-electron chi connectivity index (χ3n) is 5.56. The monoisotopic (exact) mass is 358 g/mol. The number of fused-ring (bicyclic) bond motifs is 1. The second kappa shape index (κ2) is 7.83. The molecule has 0 atom stereocenters. The van der Waals surface area contributed by atoms with Crippen molar-refractivity contribution in [2.24, 2.45) is 5.92 Å². The quantitative estimate of drug-likeness (QED) is 0.486. The Morgan fingerprint density at radius 2 is 1.56 bits per heavy atom. The topological polar surface area (TPSA) is 38.0 Å². The van der Waals surface area contributed by atoms with Crippen molar-refractivity contribution in [2.75, 3.05) is 0 Å². The molecule has 0 N–H and O–H groups in total. The predicted octanol–water partition coefficient (Wildman–Crippen LogP) is 4.77. The van der Waals surface area contributed by atoms with Gasteiger partial charge in [-0.05, 0) is 24.3 Å². The van der Waals surface area contributed by atoms with E-state index in [9.17, 15) is 9.59 Å². The van der Waals surface area contributed by atoms with Gasteiger partial charge >= 0.3 is 0 Å². The summed E-state index contributed by atoms with van der Waals surface area (Å²) in [5, 5.41) is 1.98. The SMILES string of the molecule is O=C(C[n+]1ccc2ccccc2c1C(=O)C1CCCCC1)c1ccccc1. The maximum atomic E-state index is 13.4. The molecular weight excluding hydrogens is 334 g/mol. The molecule has 0 bridgehead atoms. The Labute approximate surface area is 159 Å². The van der Waals surface area contributed by atoms with E-state index in [2.05, 4.69) is 0 Å². The van der Waals surface area contributed by atoms with Crippen LogP contribution in [0.3, 0.4) is 0 Å². The van der Waals surface area contributed by atoms with E-state index in [1.54, 1.807) is 0 Å². The minimum Gasteiger partial charge on any atom is -0.287 e. The summed E-state index contributed by atoms with van der Waals surface area (Å²) in [6.07, 6.45) is 7.24. The molecule has 27 heavy (non-hydrogen) atoms. The van der Waals surface area contributed by atoms with Crippen LogP contribution in [-0.4, -0.2) is 11.6 Å². The van der Waals surface area contributed by atoms with Gasteiger partial charge in [0.2, 0.25) is 18.1 Å². The average molecular weight is 358 g/mol. The third kappa shape index (κ3) is 3.68. The average Bonchev–Trinajstić information content (AvgIpc) is 2.74. The van der Waals surface area contributed by atoms with E-state index in [1.807, 2.05) is 71.4 Å². The molecule has 0 radical (unpaired) electrons. The molecule has 3 heteroatoms. The van der Waals surface area contributed by atoms with Crippen molar-refractivity contribution in [2.45, 2.75) is 38.6 Å². The van der Waals surface area contributed by atoms with Gasteiger partial charge < -0.3 is 0 Å². The van der Waals surface area contributed by atoms with Crippen molar-refractivity contribution >= 4 is 22.3 Å². The van der Waals surface area contributed by atoms with E-state index in [0.29, 0.717) is 11.3 Å². The number of pyridine rings is 1. The van der Waals surface area contributed by atoms with Crippen molar-refractivity contribution in [1.82, 2.24) is 0 Å². The van der Waals surface area contributed by atoms with Crippen molar-refractivity contribution < 1.29 is 14.2 Å². The number of nitrogens with zero attached hydrogens (tertiary/aromatic N) is 1. The normalized spacial score (nSPS) is 15.0. The highest BCUT2D eigenvalue weighted by Gasteiger charge is 2.31. The molecule has 1 aromatic heterocycles. The summed E-state index contributed by atoms with van der Waals surface area (Å²) >= 11 is 0. The molecule has 1 fully saturated rings. The largest absolute Gasteiger partial charge is 0.287 e. The Morgan fingerprint density at radius 3 is 2.33 bits per heavy atom. The fourth-order valence-electron chi connectivity index (χ4n) is 4.09. The maximum Gasteiger partial charge on any atom is 0.257 e. The Kier molecular flexibility index (Phi) is 5.10. The zero-order valence-corrected chi connectivity index (χ0v) is 15.4. The van der Waals surface area contributed by atoms with E-state index in [-0.39, 0.29) is 24.0 Å². The van der Waals surface area contributed by atoms with Gasteiger partial charge in [-0.1, -0.05) is 67.8 Å². The molecule has 0 amide bonds. The fourth-order valence-corrected chi connectivity index (χ4v) is 4.09. The lowest BCUT2D eigenvalue weighted by Gasteiger charge is -2.19. The second-order valence-corrected chi connectivity index (χ2v) is 7.37. The van der Waals surface area contributed by atoms with Crippen LogP contribution < -0.4 is 4.57 Å². The fraction of sp³-hybridized carbons (Fsp3) is 0.292. The zero-order chi connectivity index (χ0) is 18.6. The summed E-state index contributed by atoms with van der Waals surface area (Å²) < 4.78 is 1.86. The van der Waals surface area contributed by atoms with Crippen molar-refractivity contribution in [1.29, 1.82) is 0 Å². The molecular formula is C24H24NO2+. The molecule has 3 nitrogen and oxygen atoms in total. The molecule has 1 heterocycles. The van der Waals surface area contributed by atoms with Gasteiger partial charge in [-0.25, -0.2) is 0 Å². The van der Waals surface area contributed by atoms with Crippen LogP contribution in [0.5, 0.6) is 0 Å². The van der Waals surface area contributed by atoms with Gasteiger partial charge in [-0.2, -0.15) is 4.57 Å². The van der Waals surface area contributed by atoms with Crippen molar-refractivity contribution in [3.8, 4) is 0 Å². The van der Waals surface area contributed by atoms with Crippen LogP contribution in [0.15, 0.2) is 66.9 Å². The lowest BCUT2D eigenvalue weighted by Crippen LogP contribution is -2.45. The first-order valence-corrected chi connectivity index (χ1v) is 9.78. The van der Waals surface area contributed by atoms with Gasteiger partial charge in [0, 0.05) is 17.5 Å². The number of benzene rings is 2. The number of carbonyl (C=O) groups is 2. The molecule has 136 valence electrons. The van der Waals surface area contributed by atoms with Crippen LogP contribution in [0.25, 0.3) is 10.8 Å². The summed E-state index contributed by atoms with van der Waals surface area (Å²) in [4.78, 5) is 26.2. The number of hydrogen-bond acceptors (Lipinski definition) is 2. The third-order valence-corrected chi connectivity index (χ3v) is 5.56. The predicted molar refractivity (Wildman–Crippen MR) is 106 cm³/mol. The summed E-state index contributed by atoms with van der Waals surface area (Å²) in [6.45, 7) is 0.183. The lowest BCUT2D eigenvalue weighted by molar-refractivity contribution is -0.683. The number of carbonyl (C=O) groups excluding carboxylic acids is 2. The second-order valence-electron chi connectivity index (χ2n) is 7.37. The molecule has 0 saturated heterocycles. The van der Waals surface area contributed by atoms with Crippen LogP contribution in [0.1, 0.15) is 53.0 Å². The molecule has 1 saturated carbocycles. The zero-order valence-electron chi connectivity index (χ0n) is 15.4. The minimum atomic E-state index is 0.0218. The maximum absolute atomic E-state index is 13.4. The number of ketones is 2. The van der Waals surface area contributed by atoms with E-state index in [0.717, 1.165) is 36.5 Å². The number of hydrogen-bond donors (Lipinski definition) is 0. The Hall–Kier alpha value is -2.81. The molecule has 0 aliphatic heterocycles. The molecule has 2 aromatic carbocycles. The summed E-state index contributed by atoms with van der Waals surface area (Å²) in [7, 11) is 0. The molecule has 3 aromatic rings. The van der Waals surface area contributed by atoms with Crippen molar-refractivity contribution in [3.05, 3.63) is 78.1 Å². The highest BCUT2D eigenvalue weighted by Crippen LogP contribution is 2.28. The van der Waals surface area contributed by atoms with Gasteiger partial charge in [0.1, 0.15) is 0 Å². The lowest BCUT2D eigenvalue weighted by atomic mass is 9.84. The van der Waals surface area contributed by atoms with Gasteiger partial charge in [-0.15, -0.1) is 0 Å². The smallest absolute Gasteiger partial charge is 0.257 e. The number of rotatable bonds is 5. The van der Waals surface area contributed by atoms with Gasteiger partial charge in [0.05, 0.1) is 5.39 Å². The molecule has 0 unspecified atom stereocenters. The van der Waals surface area contributed by atoms with E-state index >= 15 is 0 Å². The van der Waals surface area contributed by atoms with Crippen molar-refractivity contribution in [3.63, 3.8) is 0 Å². The van der Waals surface area contributed by atoms with Crippen LogP contribution in [0.2, 0.25) is 0 Å². The van der Waals surface area contributed by atoms with Crippen LogP contribution in [0.4, 0.5) is 0 Å². The summed E-state index contributed by atoms with van der Waals surface area (Å²) in [6, 6.07) is 19.2. The summed E-state index contributed by atoms with van der Waals surface area (Å²) in [5.41, 5.74) is 1.36. The first-order valence-electron chi connectivity index (χ1n) is 9.78. The Morgan fingerprint density at radius 1 is 0.852 bits per heavy atom. The van der Waals surface area contributed by atoms with Crippen LogP contribution >= 0.6 is 0 Å². The minimum absolute atomic E-state index is 0.0218. The highest BCUT2D eigenvalue weighted by atomic mass is 16.1. The number of aromatic nitrogens is 1. The first kappa shape index (κ1) is 17.6. The van der Waals surface area contributed by atoms with Crippen LogP contribution in [0, 0.1) is 5.92 Å². The van der Waals surface area contributed by atoms with E-state index in [4.69, 9.17) is 0 Å². The Bertz CT molecular complexity index is 972. The van der Waals surface area contributed by atoms with E-state index in [1.165, 1.54) is 6.42 Å². The standard InChI is InChI=1S/C24H24NO2/c26-22(19-10-3-1-4-11-19)17-25-16-15-18-9-7-8-14-21(18)23(25)24(27)20-12-5-2-6-13-20/h1,3-4,7-11,14-16,20H,2,5-6,12-13,17H2/q+1. The Balaban J connectivity index is 1.75. The summed E-state index contributed by atoms with van der Waals surface area (Å²) in [5.74, 6) is 0.281. The first-order chi connectivity index (χ1) is 13.2. The molecule has 0 spiro atoms. The van der Waals surface area contributed by atoms with Gasteiger partial charge in [-0.3, -0.25) is 9.59 Å². The van der Waals surface area contributed by atoms with Crippen LogP contribution in [-0.2, 0) is 6.54 Å². The number of Topliss-reactive ketones (excluding diaryl/α,β-unsaturated/α-hetero) is 2. The van der Waals surface area contributed by atoms with Gasteiger partial charge in [0.15, 0.2) is 6.20 Å². The van der Waals surface area contributed by atoms with Gasteiger partial charge in [0.25, 0.3) is 5.69 Å².